The molecule has 90 valence electrons. The summed E-state index contributed by atoms with van der Waals surface area (Å²) in [5.74, 6) is -1.60. The van der Waals surface area contributed by atoms with E-state index in [0.29, 0.717) is 0 Å². The van der Waals surface area contributed by atoms with Gasteiger partial charge in [0.25, 0.3) is 0 Å². The van der Waals surface area contributed by atoms with Gasteiger partial charge in [0.1, 0.15) is 21.3 Å². The maximum absolute atomic E-state index is 13.8. The van der Waals surface area contributed by atoms with E-state index in [-0.39, 0.29) is 20.1 Å². The molecule has 0 N–H and O–H groups in total. The smallest absolute Gasteiger partial charge is 0.145 e. The van der Waals surface area contributed by atoms with Gasteiger partial charge in [0.15, 0.2) is 0 Å². The van der Waals surface area contributed by atoms with Crippen molar-refractivity contribution in [2.24, 2.45) is 0 Å². The topological polar surface area (TPSA) is 0 Å². The molecule has 1 aromatic rings. The van der Waals surface area contributed by atoms with E-state index in [1.165, 1.54) is 0 Å². The minimum Gasteiger partial charge on any atom is -0.205 e. The van der Waals surface area contributed by atoms with E-state index >= 15 is 0 Å². The second-order valence-corrected chi connectivity index (χ2v) is 6.46. The summed E-state index contributed by atoms with van der Waals surface area (Å²) < 4.78 is 27.2. The molecule has 1 aromatic carbocycles. The minimum atomic E-state index is -1.21. The first kappa shape index (κ1) is 15.3. The highest BCUT2D eigenvalue weighted by Crippen LogP contribution is 2.44. The second kappa shape index (κ2) is 5.89. The van der Waals surface area contributed by atoms with E-state index in [2.05, 4.69) is 31.9 Å². The van der Waals surface area contributed by atoms with Gasteiger partial charge in [-0.3, -0.25) is 0 Å². The standard InChI is InChI=1S/C8H2Br2Cl4F2/c9-3-1(7(11)12)5(15)4(10)2(6(3)16)8(13)14/h7-8H. The first-order valence-electron chi connectivity index (χ1n) is 3.71. The third-order valence-corrected chi connectivity index (χ3v) is 4.19. The third-order valence-electron chi connectivity index (χ3n) is 1.77. The molecular formula is C8H2Br2Cl4F2. The molecule has 0 saturated heterocycles. The second-order valence-electron chi connectivity index (χ2n) is 2.68. The molecule has 1 rings (SSSR count). The number of hydrogen-bond donors (Lipinski definition) is 0. The summed E-state index contributed by atoms with van der Waals surface area (Å²) in [4.78, 5) is -2.42. The van der Waals surface area contributed by atoms with Crippen molar-refractivity contribution in [1.82, 2.24) is 0 Å². The molecule has 0 aromatic heterocycles. The van der Waals surface area contributed by atoms with E-state index in [1.54, 1.807) is 0 Å². The van der Waals surface area contributed by atoms with Crippen molar-refractivity contribution < 1.29 is 8.78 Å². The van der Waals surface area contributed by atoms with E-state index in [0.717, 1.165) is 0 Å². The van der Waals surface area contributed by atoms with Crippen LogP contribution < -0.4 is 0 Å². The molecular weight excluding hydrogens is 436 g/mol. The molecule has 0 fully saturated rings. The van der Waals surface area contributed by atoms with Gasteiger partial charge < -0.3 is 0 Å². The van der Waals surface area contributed by atoms with Crippen molar-refractivity contribution in [3.05, 3.63) is 31.7 Å². The average Bonchev–Trinajstić information content (AvgIpc) is 2.14. The number of halogens is 8. The van der Waals surface area contributed by atoms with Crippen LogP contribution in [0.1, 0.15) is 20.8 Å². The van der Waals surface area contributed by atoms with Crippen LogP contribution in [0.3, 0.4) is 0 Å². The van der Waals surface area contributed by atoms with Crippen molar-refractivity contribution in [3.63, 3.8) is 0 Å². The molecule has 0 nitrogen and oxygen atoms in total. The van der Waals surface area contributed by atoms with E-state index in [4.69, 9.17) is 46.4 Å². The van der Waals surface area contributed by atoms with Gasteiger partial charge in [-0.2, -0.15) is 0 Å². The summed E-state index contributed by atoms with van der Waals surface area (Å²) >= 11 is 27.9. The average molecular weight is 438 g/mol. The van der Waals surface area contributed by atoms with E-state index in [1.807, 2.05) is 0 Å². The maximum Gasteiger partial charge on any atom is 0.145 e. The van der Waals surface area contributed by atoms with Crippen LogP contribution in [0.15, 0.2) is 8.95 Å². The lowest BCUT2D eigenvalue weighted by atomic mass is 10.1. The Kier molecular flexibility index (Phi) is 5.62. The quantitative estimate of drug-likeness (QED) is 0.369. The Morgan fingerprint density at radius 3 is 1.19 bits per heavy atom. The van der Waals surface area contributed by atoms with Crippen LogP contribution in [0.5, 0.6) is 0 Å². The summed E-state index contributed by atoms with van der Waals surface area (Å²) in [6.45, 7) is 0. The number of alkyl halides is 4. The van der Waals surface area contributed by atoms with Gasteiger partial charge in [0, 0.05) is 11.1 Å². The van der Waals surface area contributed by atoms with Crippen molar-refractivity contribution in [1.29, 1.82) is 0 Å². The maximum atomic E-state index is 13.8. The number of hydrogen-bond acceptors (Lipinski definition) is 0. The van der Waals surface area contributed by atoms with Gasteiger partial charge in [0.2, 0.25) is 0 Å². The highest BCUT2D eigenvalue weighted by Gasteiger charge is 2.27. The molecule has 0 unspecified atom stereocenters. The van der Waals surface area contributed by atoms with Gasteiger partial charge in [-0.15, -0.1) is 0 Å². The Balaban J connectivity index is 3.63. The highest BCUT2D eigenvalue weighted by molar-refractivity contribution is 9.11. The Labute approximate surface area is 127 Å². The zero-order valence-corrected chi connectivity index (χ0v) is 13.4. The lowest BCUT2D eigenvalue weighted by molar-refractivity contribution is 0.568. The van der Waals surface area contributed by atoms with Crippen LogP contribution >= 0.6 is 78.3 Å². The molecule has 0 aliphatic carbocycles. The Morgan fingerprint density at radius 2 is 1.00 bits per heavy atom. The number of rotatable bonds is 2. The van der Waals surface area contributed by atoms with Gasteiger partial charge in [-0.05, 0) is 31.9 Å². The summed E-state index contributed by atoms with van der Waals surface area (Å²) in [7, 11) is 0. The summed E-state index contributed by atoms with van der Waals surface area (Å²) in [6.07, 6.45) is 0. The fourth-order valence-corrected chi connectivity index (χ4v) is 3.63. The molecule has 0 amide bonds. The van der Waals surface area contributed by atoms with Crippen molar-refractivity contribution in [3.8, 4) is 0 Å². The first-order valence-corrected chi connectivity index (χ1v) is 7.04. The van der Waals surface area contributed by atoms with Crippen LogP contribution in [0.4, 0.5) is 8.78 Å². The Hall–Kier alpha value is 1.20. The zero-order chi connectivity index (χ0) is 12.6. The molecule has 8 heteroatoms. The molecule has 0 aliphatic rings. The van der Waals surface area contributed by atoms with Gasteiger partial charge in [-0.25, -0.2) is 8.78 Å². The molecule has 0 radical (unpaired) electrons. The first-order chi connectivity index (χ1) is 7.29. The zero-order valence-electron chi connectivity index (χ0n) is 7.18. The molecule has 0 saturated carbocycles. The molecule has 0 spiro atoms. The largest absolute Gasteiger partial charge is 0.205 e. The van der Waals surface area contributed by atoms with Crippen LogP contribution in [0.25, 0.3) is 0 Å². The predicted molar refractivity (Wildman–Crippen MR) is 70.7 cm³/mol. The monoisotopic (exact) mass is 434 g/mol. The van der Waals surface area contributed by atoms with Crippen molar-refractivity contribution in [2.45, 2.75) is 9.67 Å². The normalized spacial score (nSPS) is 11.6. The summed E-state index contributed by atoms with van der Waals surface area (Å²) in [5.41, 5.74) is -0.407. The minimum absolute atomic E-state index is 0.190. The van der Waals surface area contributed by atoms with E-state index < -0.39 is 21.3 Å². The van der Waals surface area contributed by atoms with Crippen molar-refractivity contribution in [2.75, 3.05) is 0 Å². The van der Waals surface area contributed by atoms with Crippen molar-refractivity contribution >= 4 is 78.3 Å². The molecule has 0 bridgehead atoms. The predicted octanol–water partition coefficient (Wildman–Crippen LogP) is 6.44. The molecule has 16 heavy (non-hydrogen) atoms. The third kappa shape index (κ3) is 2.78. The summed E-state index contributed by atoms with van der Waals surface area (Å²) in [5, 5.41) is 0. The van der Waals surface area contributed by atoms with Gasteiger partial charge in [0.05, 0.1) is 8.95 Å². The summed E-state index contributed by atoms with van der Waals surface area (Å²) in [6, 6.07) is 0. The van der Waals surface area contributed by atoms with Gasteiger partial charge in [-0.1, -0.05) is 46.4 Å². The SMILES string of the molecule is Fc1c(Br)c(C(Cl)Cl)c(F)c(Br)c1C(Cl)Cl. The van der Waals surface area contributed by atoms with Crippen LogP contribution in [0.2, 0.25) is 0 Å². The lowest BCUT2D eigenvalue weighted by Gasteiger charge is -2.15. The van der Waals surface area contributed by atoms with E-state index in [9.17, 15) is 8.78 Å². The fourth-order valence-electron chi connectivity index (χ4n) is 1.05. The van der Waals surface area contributed by atoms with Gasteiger partial charge >= 0.3 is 0 Å². The lowest BCUT2D eigenvalue weighted by Crippen LogP contribution is -2.02. The molecule has 0 heterocycles. The highest BCUT2D eigenvalue weighted by atomic mass is 79.9. The Morgan fingerprint density at radius 1 is 0.750 bits per heavy atom. The molecule has 0 aliphatic heterocycles. The fraction of sp³-hybridized carbons (Fsp3) is 0.250. The Bertz CT molecular complexity index is 355. The van der Waals surface area contributed by atoms with Crippen LogP contribution in [-0.4, -0.2) is 0 Å². The number of benzene rings is 1. The molecule has 0 atom stereocenters. The van der Waals surface area contributed by atoms with Crippen LogP contribution in [0, 0.1) is 11.6 Å². The van der Waals surface area contributed by atoms with Crippen LogP contribution in [-0.2, 0) is 0 Å².